The summed E-state index contributed by atoms with van der Waals surface area (Å²) in [5.41, 5.74) is -1.43. The number of nitrogens with one attached hydrogen (secondary N) is 2. The zero-order valence-electron chi connectivity index (χ0n) is 12.3. The Balaban J connectivity index is 1.92. The lowest BCUT2D eigenvalue weighted by molar-refractivity contribution is -0.138. The Morgan fingerprint density at radius 1 is 1.33 bits per heavy atom. The van der Waals surface area contributed by atoms with Gasteiger partial charge in [0.15, 0.2) is 5.65 Å². The fourth-order valence-corrected chi connectivity index (χ4v) is 2.26. The number of anilines is 1. The highest BCUT2D eigenvalue weighted by atomic mass is 19.4. The monoisotopic (exact) mass is 341 g/mol. The number of nitrogens with zero attached hydrogens (tertiary/aromatic N) is 3. The largest absolute Gasteiger partial charge is 0.416 e. The van der Waals surface area contributed by atoms with Gasteiger partial charge in [-0.1, -0.05) is 6.07 Å². The summed E-state index contributed by atoms with van der Waals surface area (Å²) >= 11 is 0. The van der Waals surface area contributed by atoms with Crippen molar-refractivity contribution in [3.63, 3.8) is 0 Å². The van der Waals surface area contributed by atoms with E-state index >= 15 is 0 Å². The van der Waals surface area contributed by atoms with Crippen LogP contribution in [0.1, 0.15) is 11.1 Å². The fraction of sp³-hybridized carbons (Fsp3) is 0.214. The van der Waals surface area contributed by atoms with Gasteiger partial charge in [0.2, 0.25) is 5.95 Å². The predicted octanol–water partition coefficient (Wildman–Crippen LogP) is 2.43. The first-order valence-electron chi connectivity index (χ1n) is 6.77. The minimum atomic E-state index is -4.69. The quantitative estimate of drug-likeness (QED) is 0.718. The second-order valence-electron chi connectivity index (χ2n) is 5.07. The van der Waals surface area contributed by atoms with Crippen LogP contribution in [0.3, 0.4) is 0 Å². The minimum Gasteiger partial charge on any atom is -0.352 e. The minimum absolute atomic E-state index is 0.00597. The Morgan fingerprint density at radius 3 is 2.79 bits per heavy atom. The molecule has 0 fully saturated rings. The van der Waals surface area contributed by atoms with Gasteiger partial charge >= 0.3 is 6.18 Å². The van der Waals surface area contributed by atoms with Crippen molar-refractivity contribution >= 4 is 17.0 Å². The van der Waals surface area contributed by atoms with Crippen molar-refractivity contribution in [2.24, 2.45) is 7.05 Å². The molecule has 0 atom stereocenters. The first kappa shape index (κ1) is 16.0. The summed E-state index contributed by atoms with van der Waals surface area (Å²) in [6, 6.07) is 2.40. The number of aromatic amines is 1. The summed E-state index contributed by atoms with van der Waals surface area (Å²) in [4.78, 5) is 18.4. The van der Waals surface area contributed by atoms with E-state index in [0.29, 0.717) is 6.07 Å². The summed E-state index contributed by atoms with van der Waals surface area (Å²) in [6.07, 6.45) is -3.35. The van der Waals surface area contributed by atoms with Crippen LogP contribution in [-0.4, -0.2) is 19.7 Å². The van der Waals surface area contributed by atoms with Crippen LogP contribution < -0.4 is 10.9 Å². The zero-order chi connectivity index (χ0) is 17.5. The molecular weight excluding hydrogens is 330 g/mol. The van der Waals surface area contributed by atoms with Crippen LogP contribution in [0.4, 0.5) is 23.5 Å². The average Bonchev–Trinajstić information content (AvgIpc) is 2.87. The highest BCUT2D eigenvalue weighted by molar-refractivity contribution is 5.74. The molecule has 0 spiro atoms. The van der Waals surface area contributed by atoms with Crippen LogP contribution >= 0.6 is 0 Å². The van der Waals surface area contributed by atoms with Gasteiger partial charge in [0.25, 0.3) is 5.56 Å². The summed E-state index contributed by atoms with van der Waals surface area (Å²) in [7, 11) is 1.58. The summed E-state index contributed by atoms with van der Waals surface area (Å²) in [6.45, 7) is -0.290. The average molecular weight is 341 g/mol. The molecule has 0 aliphatic rings. The van der Waals surface area contributed by atoms with Gasteiger partial charge in [-0.2, -0.15) is 23.3 Å². The van der Waals surface area contributed by atoms with Crippen molar-refractivity contribution in [2.45, 2.75) is 12.7 Å². The van der Waals surface area contributed by atoms with Crippen molar-refractivity contribution in [3.8, 4) is 0 Å². The van der Waals surface area contributed by atoms with Crippen LogP contribution in [0, 0.1) is 5.82 Å². The molecule has 0 saturated heterocycles. The van der Waals surface area contributed by atoms with Gasteiger partial charge in [0.1, 0.15) is 11.2 Å². The van der Waals surface area contributed by atoms with Gasteiger partial charge in [0.05, 0.1) is 11.8 Å². The third-order valence-corrected chi connectivity index (χ3v) is 3.43. The lowest BCUT2D eigenvalue weighted by atomic mass is 10.1. The molecule has 0 aliphatic heterocycles. The second-order valence-corrected chi connectivity index (χ2v) is 5.07. The summed E-state index contributed by atoms with van der Waals surface area (Å²) in [5, 5.41) is 6.77. The number of halogens is 4. The molecule has 3 aromatic rings. The van der Waals surface area contributed by atoms with E-state index in [1.165, 1.54) is 10.9 Å². The highest BCUT2D eigenvalue weighted by Gasteiger charge is 2.33. The maximum absolute atomic E-state index is 13.1. The SMILES string of the molecule is Cn1ncc2c(=O)[nH]c(NCc3ccc(F)cc3C(F)(F)F)nc21. The molecule has 0 unspecified atom stereocenters. The summed E-state index contributed by atoms with van der Waals surface area (Å²) < 4.78 is 53.3. The van der Waals surface area contributed by atoms with Gasteiger partial charge < -0.3 is 5.32 Å². The normalized spacial score (nSPS) is 11.9. The lowest BCUT2D eigenvalue weighted by Gasteiger charge is -2.13. The molecule has 10 heteroatoms. The Bertz CT molecular complexity index is 960. The van der Waals surface area contributed by atoms with Crippen LogP contribution in [0.15, 0.2) is 29.2 Å². The van der Waals surface area contributed by atoms with E-state index in [2.05, 4.69) is 20.4 Å². The molecular formula is C14H11F4N5O. The van der Waals surface area contributed by atoms with Crippen molar-refractivity contribution < 1.29 is 17.6 Å². The van der Waals surface area contributed by atoms with Gasteiger partial charge in [-0.25, -0.2) is 4.39 Å². The van der Waals surface area contributed by atoms with Crippen LogP contribution in [0.5, 0.6) is 0 Å². The second kappa shape index (κ2) is 5.62. The Hall–Kier alpha value is -2.91. The number of fused-ring (bicyclic) bond motifs is 1. The Morgan fingerprint density at radius 2 is 2.08 bits per heavy atom. The van der Waals surface area contributed by atoms with Crippen LogP contribution in [0.25, 0.3) is 11.0 Å². The number of hydrogen-bond donors (Lipinski definition) is 2. The molecule has 6 nitrogen and oxygen atoms in total. The third kappa shape index (κ3) is 2.94. The van der Waals surface area contributed by atoms with Crippen molar-refractivity contribution in [1.29, 1.82) is 0 Å². The number of hydrogen-bond acceptors (Lipinski definition) is 4. The zero-order valence-corrected chi connectivity index (χ0v) is 12.3. The number of aryl methyl sites for hydroxylation is 1. The summed E-state index contributed by atoms with van der Waals surface area (Å²) in [5.74, 6) is -0.984. The van der Waals surface area contributed by atoms with Crippen molar-refractivity contribution in [2.75, 3.05) is 5.32 Å². The molecule has 0 saturated carbocycles. The molecule has 2 heterocycles. The van der Waals surface area contributed by atoms with Gasteiger partial charge in [0, 0.05) is 13.6 Å². The molecule has 0 aliphatic carbocycles. The highest BCUT2D eigenvalue weighted by Crippen LogP contribution is 2.32. The number of H-pyrrole nitrogens is 1. The molecule has 2 aromatic heterocycles. The Labute approximate surface area is 132 Å². The van der Waals surface area contributed by atoms with E-state index in [4.69, 9.17) is 0 Å². The van der Waals surface area contributed by atoms with Gasteiger partial charge in [-0.05, 0) is 17.7 Å². The number of rotatable bonds is 3. The van der Waals surface area contributed by atoms with Crippen LogP contribution in [-0.2, 0) is 19.8 Å². The van der Waals surface area contributed by atoms with Crippen molar-refractivity contribution in [3.05, 3.63) is 51.7 Å². The third-order valence-electron chi connectivity index (χ3n) is 3.43. The van der Waals surface area contributed by atoms with E-state index in [9.17, 15) is 22.4 Å². The predicted molar refractivity (Wildman–Crippen MR) is 77.9 cm³/mol. The molecule has 2 N–H and O–H groups in total. The first-order valence-corrected chi connectivity index (χ1v) is 6.77. The number of benzene rings is 1. The maximum Gasteiger partial charge on any atom is 0.416 e. The number of aromatic nitrogens is 4. The van der Waals surface area contributed by atoms with E-state index in [1.807, 2.05) is 0 Å². The van der Waals surface area contributed by atoms with E-state index in [-0.39, 0.29) is 29.1 Å². The van der Waals surface area contributed by atoms with Gasteiger partial charge in [-0.15, -0.1) is 0 Å². The van der Waals surface area contributed by atoms with Gasteiger partial charge in [-0.3, -0.25) is 14.5 Å². The van der Waals surface area contributed by atoms with E-state index in [1.54, 1.807) is 7.05 Å². The lowest BCUT2D eigenvalue weighted by Crippen LogP contribution is -2.16. The molecule has 0 bridgehead atoms. The fourth-order valence-electron chi connectivity index (χ4n) is 2.26. The molecule has 1 aromatic carbocycles. The molecule has 24 heavy (non-hydrogen) atoms. The van der Waals surface area contributed by atoms with E-state index < -0.39 is 23.1 Å². The smallest absolute Gasteiger partial charge is 0.352 e. The Kier molecular flexibility index (Phi) is 3.74. The number of alkyl halides is 3. The molecule has 126 valence electrons. The maximum atomic E-state index is 13.1. The standard InChI is InChI=1S/C14H11F4N5O/c1-23-11-9(6-20-23)12(24)22-13(21-11)19-5-7-2-3-8(15)4-10(7)14(16,17)18/h2-4,6H,5H2,1H3,(H2,19,21,22,24). The van der Waals surface area contributed by atoms with Crippen LogP contribution in [0.2, 0.25) is 0 Å². The first-order chi connectivity index (χ1) is 11.3. The molecule has 0 radical (unpaired) electrons. The molecule has 0 amide bonds. The van der Waals surface area contributed by atoms with E-state index in [0.717, 1.165) is 12.1 Å². The molecule has 3 rings (SSSR count). The van der Waals surface area contributed by atoms with Crippen molar-refractivity contribution in [1.82, 2.24) is 19.7 Å². The topological polar surface area (TPSA) is 75.6 Å².